The molecule has 0 bridgehead atoms. The molecule has 4 rings (SSSR count). The second-order valence-electron chi connectivity index (χ2n) is 8.13. The highest BCUT2D eigenvalue weighted by atomic mass is 35.5. The highest BCUT2D eigenvalue weighted by molar-refractivity contribution is 7.16. The van der Waals surface area contributed by atoms with Gasteiger partial charge in [0.25, 0.3) is 5.91 Å². The predicted octanol–water partition coefficient (Wildman–Crippen LogP) is 6.68. The van der Waals surface area contributed by atoms with Crippen LogP contribution in [0.4, 0.5) is 5.00 Å². The molecule has 3 heterocycles. The molecule has 0 radical (unpaired) electrons. The molecule has 1 aliphatic rings. The van der Waals surface area contributed by atoms with E-state index in [1.807, 2.05) is 12.1 Å². The van der Waals surface area contributed by atoms with Crippen LogP contribution in [0.15, 0.2) is 47.1 Å². The molecule has 1 atom stereocenters. The number of piperidine rings is 1. The third kappa shape index (κ3) is 4.34. The highest BCUT2D eigenvalue weighted by Crippen LogP contribution is 2.43. The number of amides is 1. The lowest BCUT2D eigenvalue weighted by Crippen LogP contribution is -2.37. The summed E-state index contributed by atoms with van der Waals surface area (Å²) in [7, 11) is 0. The molecule has 6 heteroatoms. The van der Waals surface area contributed by atoms with Crippen molar-refractivity contribution >= 4 is 33.8 Å². The number of hydrogen-bond donors (Lipinski definition) is 1. The van der Waals surface area contributed by atoms with Crippen molar-refractivity contribution in [2.24, 2.45) is 5.92 Å². The monoisotopic (exact) mass is 442 g/mol. The Morgan fingerprint density at radius 3 is 2.53 bits per heavy atom. The normalized spacial score (nSPS) is 16.5. The molecule has 1 saturated heterocycles. The zero-order valence-corrected chi connectivity index (χ0v) is 19.1. The van der Waals surface area contributed by atoms with Crippen LogP contribution in [-0.2, 0) is 0 Å². The third-order valence-corrected chi connectivity index (χ3v) is 7.44. The zero-order chi connectivity index (χ0) is 21.3. The molecule has 158 valence electrons. The van der Waals surface area contributed by atoms with Gasteiger partial charge in [0, 0.05) is 15.5 Å². The third-order valence-electron chi connectivity index (χ3n) is 6.05. The smallest absolute Gasteiger partial charge is 0.291 e. The summed E-state index contributed by atoms with van der Waals surface area (Å²) in [6, 6.07) is 11.6. The average molecular weight is 443 g/mol. The summed E-state index contributed by atoms with van der Waals surface area (Å²) in [5, 5.41) is 4.74. The molecule has 0 saturated carbocycles. The van der Waals surface area contributed by atoms with E-state index in [9.17, 15) is 4.79 Å². The Kier molecular flexibility index (Phi) is 6.32. The Morgan fingerprint density at radius 2 is 1.90 bits per heavy atom. The first-order chi connectivity index (χ1) is 14.4. The van der Waals surface area contributed by atoms with Crippen molar-refractivity contribution in [3.05, 3.63) is 75.0 Å². The fourth-order valence-electron chi connectivity index (χ4n) is 4.13. The Hall–Kier alpha value is -2.08. The Labute approximate surface area is 186 Å². The number of carbonyl (C=O) groups is 1. The van der Waals surface area contributed by atoms with E-state index in [0.29, 0.717) is 5.76 Å². The van der Waals surface area contributed by atoms with E-state index < -0.39 is 0 Å². The first-order valence-corrected chi connectivity index (χ1v) is 11.6. The van der Waals surface area contributed by atoms with Crippen LogP contribution in [0.25, 0.3) is 0 Å². The van der Waals surface area contributed by atoms with Crippen LogP contribution in [0.3, 0.4) is 0 Å². The van der Waals surface area contributed by atoms with Gasteiger partial charge in [0.05, 0.1) is 12.3 Å². The van der Waals surface area contributed by atoms with Gasteiger partial charge in [-0.15, -0.1) is 11.3 Å². The molecule has 1 N–H and O–H groups in total. The van der Waals surface area contributed by atoms with Crippen LogP contribution >= 0.6 is 22.9 Å². The molecular weight excluding hydrogens is 416 g/mol. The molecule has 4 nitrogen and oxygen atoms in total. The number of nitrogens with one attached hydrogen (secondary N) is 1. The van der Waals surface area contributed by atoms with Crippen LogP contribution in [0.2, 0.25) is 5.02 Å². The Morgan fingerprint density at radius 1 is 1.20 bits per heavy atom. The van der Waals surface area contributed by atoms with Crippen molar-refractivity contribution in [3.8, 4) is 0 Å². The number of anilines is 1. The number of rotatable bonds is 5. The Balaban J connectivity index is 1.76. The van der Waals surface area contributed by atoms with Gasteiger partial charge < -0.3 is 9.73 Å². The van der Waals surface area contributed by atoms with Gasteiger partial charge in [-0.2, -0.15) is 0 Å². The number of hydrogen-bond acceptors (Lipinski definition) is 4. The second kappa shape index (κ2) is 8.96. The van der Waals surface area contributed by atoms with Crippen molar-refractivity contribution in [1.29, 1.82) is 0 Å². The standard InChI is InChI=1S/C24H27ClN2O2S/c1-15-10-12-27(13-11-15)22(18-6-8-19(25)9-7-18)21-16(2)17(3)30-24(21)26-23(28)20-5-4-14-29-20/h4-9,14-15,22H,10-13H2,1-3H3,(H,26,28)/t22-/m1/s1. The van der Waals surface area contributed by atoms with Crippen LogP contribution < -0.4 is 5.32 Å². The van der Waals surface area contributed by atoms with Gasteiger partial charge in [-0.05, 0) is 81.1 Å². The van der Waals surface area contributed by atoms with Gasteiger partial charge in [0.1, 0.15) is 5.00 Å². The van der Waals surface area contributed by atoms with E-state index in [0.717, 1.165) is 29.0 Å². The topological polar surface area (TPSA) is 45.5 Å². The second-order valence-corrected chi connectivity index (χ2v) is 9.79. The lowest BCUT2D eigenvalue weighted by molar-refractivity contribution is 0.0996. The molecule has 1 amide bonds. The van der Waals surface area contributed by atoms with Gasteiger partial charge in [-0.3, -0.25) is 9.69 Å². The van der Waals surface area contributed by atoms with Crippen LogP contribution in [0.5, 0.6) is 0 Å². The number of furan rings is 1. The van der Waals surface area contributed by atoms with E-state index in [2.05, 4.69) is 43.1 Å². The first-order valence-electron chi connectivity index (χ1n) is 10.4. The highest BCUT2D eigenvalue weighted by Gasteiger charge is 2.31. The van der Waals surface area contributed by atoms with E-state index in [1.54, 1.807) is 23.5 Å². The minimum Gasteiger partial charge on any atom is -0.459 e. The number of carbonyl (C=O) groups excluding carboxylic acids is 1. The summed E-state index contributed by atoms with van der Waals surface area (Å²) in [6.07, 6.45) is 3.88. The fourth-order valence-corrected chi connectivity index (χ4v) is 5.34. The summed E-state index contributed by atoms with van der Waals surface area (Å²) in [5.41, 5.74) is 3.60. The molecule has 0 spiro atoms. The van der Waals surface area contributed by atoms with E-state index in [-0.39, 0.29) is 11.9 Å². The molecule has 1 fully saturated rings. The SMILES string of the molecule is Cc1sc(NC(=O)c2ccco2)c([C@@H](c2ccc(Cl)cc2)N2CCC(C)CC2)c1C. The lowest BCUT2D eigenvalue weighted by atomic mass is 9.91. The van der Waals surface area contributed by atoms with Crippen molar-refractivity contribution in [1.82, 2.24) is 4.90 Å². The minimum absolute atomic E-state index is 0.0756. The van der Waals surface area contributed by atoms with Crippen LogP contribution in [0, 0.1) is 19.8 Å². The number of nitrogens with zero attached hydrogens (tertiary/aromatic N) is 1. The largest absolute Gasteiger partial charge is 0.459 e. The summed E-state index contributed by atoms with van der Waals surface area (Å²) in [4.78, 5) is 16.5. The molecule has 1 aliphatic heterocycles. The van der Waals surface area contributed by atoms with Crippen molar-refractivity contribution in [2.75, 3.05) is 18.4 Å². The van der Waals surface area contributed by atoms with Crippen molar-refractivity contribution in [3.63, 3.8) is 0 Å². The summed E-state index contributed by atoms with van der Waals surface area (Å²) < 4.78 is 5.30. The number of halogens is 1. The molecule has 2 aromatic heterocycles. The molecule has 3 aromatic rings. The fraction of sp³-hybridized carbons (Fsp3) is 0.375. The summed E-state index contributed by atoms with van der Waals surface area (Å²) in [6.45, 7) is 8.66. The van der Waals surface area contributed by atoms with Gasteiger partial charge in [0.2, 0.25) is 0 Å². The van der Waals surface area contributed by atoms with Crippen molar-refractivity contribution in [2.45, 2.75) is 39.7 Å². The Bertz CT molecular complexity index is 1000. The first kappa shape index (κ1) is 21.2. The number of likely N-dealkylation sites (tertiary alicyclic amines) is 1. The number of benzene rings is 1. The van der Waals surface area contributed by atoms with E-state index >= 15 is 0 Å². The summed E-state index contributed by atoms with van der Waals surface area (Å²) in [5.74, 6) is 0.847. The lowest BCUT2D eigenvalue weighted by Gasteiger charge is -2.37. The van der Waals surface area contributed by atoms with Crippen molar-refractivity contribution < 1.29 is 9.21 Å². The zero-order valence-electron chi connectivity index (χ0n) is 17.6. The molecule has 0 aliphatic carbocycles. The maximum atomic E-state index is 12.7. The average Bonchev–Trinajstić information content (AvgIpc) is 3.36. The van der Waals surface area contributed by atoms with Gasteiger partial charge in [0.15, 0.2) is 5.76 Å². The predicted molar refractivity (Wildman–Crippen MR) is 124 cm³/mol. The van der Waals surface area contributed by atoms with Gasteiger partial charge in [-0.25, -0.2) is 0 Å². The molecular formula is C24H27ClN2O2S. The minimum atomic E-state index is -0.218. The van der Waals surface area contributed by atoms with Crippen LogP contribution in [0.1, 0.15) is 57.9 Å². The molecule has 30 heavy (non-hydrogen) atoms. The number of thiophene rings is 1. The number of aryl methyl sites for hydroxylation is 1. The van der Waals surface area contributed by atoms with E-state index in [1.165, 1.54) is 40.7 Å². The summed E-state index contributed by atoms with van der Waals surface area (Å²) >= 11 is 7.81. The maximum Gasteiger partial charge on any atom is 0.291 e. The quantitative estimate of drug-likeness (QED) is 0.479. The van der Waals surface area contributed by atoms with Gasteiger partial charge in [-0.1, -0.05) is 30.7 Å². The maximum absolute atomic E-state index is 12.7. The molecule has 0 unspecified atom stereocenters. The van der Waals surface area contributed by atoms with E-state index in [4.69, 9.17) is 16.0 Å². The molecule has 1 aromatic carbocycles. The van der Waals surface area contributed by atoms with Gasteiger partial charge >= 0.3 is 0 Å². The van der Waals surface area contributed by atoms with Crippen LogP contribution in [-0.4, -0.2) is 23.9 Å².